The number of aromatic amines is 1. The number of aromatic nitrogens is 3. The fourth-order valence-corrected chi connectivity index (χ4v) is 2.08. The van der Waals surface area contributed by atoms with E-state index in [9.17, 15) is 4.79 Å². The average Bonchev–Trinajstić information content (AvgIpc) is 2.50. The molecule has 0 aromatic carbocycles. The Morgan fingerprint density at radius 3 is 2.47 bits per heavy atom. The number of nitrogens with one attached hydrogen (secondary N) is 1. The van der Waals surface area contributed by atoms with Crippen molar-refractivity contribution in [3.05, 3.63) is 22.2 Å². The van der Waals surface area contributed by atoms with Gasteiger partial charge in [-0.1, -0.05) is 32.4 Å². The van der Waals surface area contributed by atoms with Gasteiger partial charge in [0.05, 0.1) is 16.6 Å². The number of carbonyl (C=O) groups is 1. The second kappa shape index (κ2) is 3.81. The molecule has 0 radical (unpaired) electrons. The predicted octanol–water partition coefficient (Wildman–Crippen LogP) is 3.03. The lowest BCUT2D eigenvalue weighted by molar-refractivity contribution is 0.112. The molecule has 0 unspecified atom stereocenters. The molecule has 90 valence electrons. The van der Waals surface area contributed by atoms with Crippen molar-refractivity contribution < 1.29 is 4.79 Å². The zero-order valence-electron chi connectivity index (χ0n) is 10.3. The second-order valence-corrected chi connectivity index (χ2v) is 5.44. The zero-order valence-corrected chi connectivity index (χ0v) is 11.0. The molecular formula is C12H14ClN3O. The van der Waals surface area contributed by atoms with Crippen LogP contribution in [0.5, 0.6) is 0 Å². The number of fused-ring (bicyclic) bond motifs is 1. The molecule has 2 heterocycles. The quantitative estimate of drug-likeness (QED) is 0.793. The SMILES string of the molecule is Cc1nc(C(C)(C)C)c2c(C=O)c(Cl)[nH]c2n1. The van der Waals surface area contributed by atoms with Crippen molar-refractivity contribution in [1.82, 2.24) is 15.0 Å². The summed E-state index contributed by atoms with van der Waals surface area (Å²) in [6.07, 6.45) is 0.745. The average molecular weight is 252 g/mol. The Bertz CT molecular complexity index is 596. The lowest BCUT2D eigenvalue weighted by atomic mass is 9.89. The van der Waals surface area contributed by atoms with Crippen LogP contribution in [0.1, 0.15) is 42.6 Å². The number of hydrogen-bond donors (Lipinski definition) is 1. The first kappa shape index (κ1) is 12.0. The van der Waals surface area contributed by atoms with E-state index in [0.29, 0.717) is 22.2 Å². The van der Waals surface area contributed by atoms with E-state index in [1.807, 2.05) is 27.7 Å². The first-order valence-electron chi connectivity index (χ1n) is 5.36. The van der Waals surface area contributed by atoms with E-state index >= 15 is 0 Å². The molecular weight excluding hydrogens is 238 g/mol. The van der Waals surface area contributed by atoms with Crippen molar-refractivity contribution in [2.75, 3.05) is 0 Å². The molecule has 1 N–H and O–H groups in total. The molecule has 0 amide bonds. The monoisotopic (exact) mass is 251 g/mol. The highest BCUT2D eigenvalue weighted by Gasteiger charge is 2.24. The van der Waals surface area contributed by atoms with E-state index in [0.717, 1.165) is 17.4 Å². The van der Waals surface area contributed by atoms with Crippen molar-refractivity contribution >= 4 is 28.9 Å². The molecule has 5 heteroatoms. The third kappa shape index (κ3) is 1.93. The van der Waals surface area contributed by atoms with Gasteiger partial charge in [0.15, 0.2) is 6.29 Å². The van der Waals surface area contributed by atoms with E-state index in [-0.39, 0.29) is 5.41 Å². The van der Waals surface area contributed by atoms with Gasteiger partial charge >= 0.3 is 0 Å². The summed E-state index contributed by atoms with van der Waals surface area (Å²) < 4.78 is 0. The van der Waals surface area contributed by atoms with E-state index in [2.05, 4.69) is 15.0 Å². The molecule has 4 nitrogen and oxygen atoms in total. The Balaban J connectivity index is 2.95. The van der Waals surface area contributed by atoms with Crippen molar-refractivity contribution in [2.24, 2.45) is 0 Å². The minimum Gasteiger partial charge on any atom is -0.330 e. The fraction of sp³-hybridized carbons (Fsp3) is 0.417. The molecule has 0 aliphatic carbocycles. The zero-order chi connectivity index (χ0) is 12.8. The molecule has 2 rings (SSSR count). The lowest BCUT2D eigenvalue weighted by Gasteiger charge is -2.19. The summed E-state index contributed by atoms with van der Waals surface area (Å²) in [5.41, 5.74) is 1.72. The summed E-state index contributed by atoms with van der Waals surface area (Å²) in [5, 5.41) is 1.04. The van der Waals surface area contributed by atoms with Crippen LogP contribution in [0, 0.1) is 6.92 Å². The minimum atomic E-state index is -0.171. The van der Waals surface area contributed by atoms with Gasteiger partial charge < -0.3 is 4.98 Å². The molecule has 0 aliphatic rings. The number of carbonyl (C=O) groups excluding carboxylic acids is 1. The Morgan fingerprint density at radius 1 is 1.29 bits per heavy atom. The van der Waals surface area contributed by atoms with Crippen LogP contribution in [0.2, 0.25) is 5.15 Å². The third-order valence-electron chi connectivity index (χ3n) is 2.58. The van der Waals surface area contributed by atoms with Crippen molar-refractivity contribution in [3.8, 4) is 0 Å². The van der Waals surface area contributed by atoms with E-state index < -0.39 is 0 Å². The standard InChI is InChI=1S/C12H14ClN3O/c1-6-14-9(12(2,3)4)8-7(5-17)10(13)16-11(8)15-6/h5H,1-4H3,(H,14,15,16). The fourth-order valence-electron chi connectivity index (χ4n) is 1.85. The highest BCUT2D eigenvalue weighted by molar-refractivity contribution is 6.34. The molecule has 0 bridgehead atoms. The van der Waals surface area contributed by atoms with Crippen LogP contribution in [-0.2, 0) is 5.41 Å². The van der Waals surface area contributed by atoms with Crippen molar-refractivity contribution in [2.45, 2.75) is 33.1 Å². The lowest BCUT2D eigenvalue weighted by Crippen LogP contribution is -2.15. The summed E-state index contributed by atoms with van der Waals surface area (Å²) in [6.45, 7) is 7.96. The summed E-state index contributed by atoms with van der Waals surface area (Å²) in [5.74, 6) is 0.665. The largest absolute Gasteiger partial charge is 0.330 e. The summed E-state index contributed by atoms with van der Waals surface area (Å²) in [4.78, 5) is 22.7. The van der Waals surface area contributed by atoms with Crippen molar-refractivity contribution in [3.63, 3.8) is 0 Å². The first-order valence-corrected chi connectivity index (χ1v) is 5.74. The van der Waals surface area contributed by atoms with E-state index in [1.54, 1.807) is 0 Å². The number of hydrogen-bond acceptors (Lipinski definition) is 3. The molecule has 0 saturated carbocycles. The smallest absolute Gasteiger partial charge is 0.153 e. The molecule has 2 aromatic rings. The van der Waals surface area contributed by atoms with Gasteiger partial charge in [0.2, 0.25) is 0 Å². The highest BCUT2D eigenvalue weighted by atomic mass is 35.5. The van der Waals surface area contributed by atoms with Gasteiger partial charge in [-0.2, -0.15) is 0 Å². The van der Waals surface area contributed by atoms with Crippen LogP contribution in [-0.4, -0.2) is 21.2 Å². The molecule has 0 saturated heterocycles. The maximum atomic E-state index is 11.1. The van der Waals surface area contributed by atoms with Crippen LogP contribution >= 0.6 is 11.6 Å². The summed E-state index contributed by atoms with van der Waals surface area (Å²) >= 11 is 5.99. The topological polar surface area (TPSA) is 58.6 Å². The Labute approximate surface area is 104 Å². The van der Waals surface area contributed by atoms with E-state index in [1.165, 1.54) is 0 Å². The van der Waals surface area contributed by atoms with Gasteiger partial charge in [-0.3, -0.25) is 4.79 Å². The Morgan fingerprint density at radius 2 is 1.94 bits per heavy atom. The maximum absolute atomic E-state index is 11.1. The van der Waals surface area contributed by atoms with E-state index in [4.69, 9.17) is 11.6 Å². The van der Waals surface area contributed by atoms with Crippen LogP contribution in [0.15, 0.2) is 0 Å². The Kier molecular flexibility index (Phi) is 2.70. The minimum absolute atomic E-state index is 0.171. The number of aldehydes is 1. The normalized spacial score (nSPS) is 12.1. The molecule has 0 atom stereocenters. The summed E-state index contributed by atoms with van der Waals surface area (Å²) in [6, 6.07) is 0. The van der Waals surface area contributed by atoms with Gasteiger partial charge in [-0.15, -0.1) is 0 Å². The first-order chi connectivity index (χ1) is 7.84. The number of H-pyrrole nitrogens is 1. The number of aryl methyl sites for hydroxylation is 1. The second-order valence-electron chi connectivity index (χ2n) is 5.06. The summed E-state index contributed by atoms with van der Waals surface area (Å²) in [7, 11) is 0. The molecule has 2 aromatic heterocycles. The van der Waals surface area contributed by atoms with Crippen LogP contribution < -0.4 is 0 Å². The number of nitrogens with zero attached hydrogens (tertiary/aromatic N) is 2. The molecule has 0 spiro atoms. The van der Waals surface area contributed by atoms with Gasteiger partial charge in [0.25, 0.3) is 0 Å². The molecule has 0 fully saturated rings. The number of halogens is 1. The van der Waals surface area contributed by atoms with Crippen LogP contribution in [0.25, 0.3) is 11.0 Å². The highest BCUT2D eigenvalue weighted by Crippen LogP contribution is 2.32. The Hall–Kier alpha value is -1.42. The van der Waals surface area contributed by atoms with Crippen molar-refractivity contribution in [1.29, 1.82) is 0 Å². The van der Waals surface area contributed by atoms with Gasteiger partial charge in [-0.05, 0) is 6.92 Å². The van der Waals surface area contributed by atoms with Gasteiger partial charge in [0, 0.05) is 5.41 Å². The van der Waals surface area contributed by atoms with Crippen LogP contribution in [0.4, 0.5) is 0 Å². The van der Waals surface area contributed by atoms with Gasteiger partial charge in [-0.25, -0.2) is 9.97 Å². The van der Waals surface area contributed by atoms with Crippen LogP contribution in [0.3, 0.4) is 0 Å². The third-order valence-corrected chi connectivity index (χ3v) is 2.88. The molecule has 17 heavy (non-hydrogen) atoms. The molecule has 0 aliphatic heterocycles. The maximum Gasteiger partial charge on any atom is 0.153 e. The van der Waals surface area contributed by atoms with Gasteiger partial charge in [0.1, 0.15) is 16.6 Å². The predicted molar refractivity (Wildman–Crippen MR) is 67.7 cm³/mol. The number of rotatable bonds is 1.